The van der Waals surface area contributed by atoms with Crippen LogP contribution in [-0.4, -0.2) is 0 Å². The molecule has 0 saturated carbocycles. The molecule has 0 aliphatic rings. The zero-order chi connectivity index (χ0) is 10.4. The van der Waals surface area contributed by atoms with Crippen molar-refractivity contribution in [1.82, 2.24) is 0 Å². The predicted octanol–water partition coefficient (Wildman–Crippen LogP) is 4.00. The van der Waals surface area contributed by atoms with Crippen LogP contribution in [0.25, 0.3) is 0 Å². The minimum Gasteiger partial charge on any atom is -0.103 e. The van der Waals surface area contributed by atoms with Crippen LogP contribution in [0, 0.1) is 5.92 Å². The highest BCUT2D eigenvalue weighted by Crippen LogP contribution is 2.15. The molecule has 0 fully saturated rings. The molecule has 14 heavy (non-hydrogen) atoms. The van der Waals surface area contributed by atoms with E-state index in [1.807, 2.05) is 6.08 Å². The van der Waals surface area contributed by atoms with Gasteiger partial charge in [-0.05, 0) is 29.9 Å². The van der Waals surface area contributed by atoms with Gasteiger partial charge in [-0.15, -0.1) is 6.58 Å². The first kappa shape index (κ1) is 11.0. The van der Waals surface area contributed by atoms with Gasteiger partial charge in [-0.3, -0.25) is 0 Å². The minimum atomic E-state index is 0.577. The first-order valence-electron chi connectivity index (χ1n) is 5.47. The van der Waals surface area contributed by atoms with Gasteiger partial charge in [-0.1, -0.05) is 50.6 Å². The van der Waals surface area contributed by atoms with Crippen molar-refractivity contribution < 1.29 is 0 Å². The van der Waals surface area contributed by atoms with Gasteiger partial charge in [0.2, 0.25) is 0 Å². The Bertz CT molecular complexity index is 286. The van der Waals surface area contributed by atoms with Crippen molar-refractivity contribution >= 4 is 0 Å². The number of allylic oxidation sites excluding steroid dienone is 1. The maximum Gasteiger partial charge on any atom is -0.0216 e. The van der Waals surface area contributed by atoms with Crippen LogP contribution in [0.3, 0.4) is 0 Å². The van der Waals surface area contributed by atoms with Crippen molar-refractivity contribution in [2.45, 2.75) is 33.1 Å². The summed E-state index contributed by atoms with van der Waals surface area (Å²) in [6.45, 7) is 8.28. The van der Waals surface area contributed by atoms with E-state index in [0.717, 1.165) is 6.42 Å². The standard InChI is InChI=1S/C14H20/c1-4-8-13-9-6-7-10-14(13)11-12(3)5-2/h5-7,9-10,12H,2,4,8,11H2,1,3H3. The minimum absolute atomic E-state index is 0.577. The first-order valence-corrected chi connectivity index (χ1v) is 5.47. The predicted molar refractivity (Wildman–Crippen MR) is 63.5 cm³/mol. The number of hydrogen-bond acceptors (Lipinski definition) is 0. The molecule has 0 spiro atoms. The molecule has 76 valence electrons. The molecule has 0 nitrogen and oxygen atoms in total. The van der Waals surface area contributed by atoms with Crippen LogP contribution in [0.1, 0.15) is 31.4 Å². The molecule has 0 aliphatic heterocycles. The van der Waals surface area contributed by atoms with Crippen LogP contribution >= 0.6 is 0 Å². The molecule has 0 aromatic heterocycles. The maximum absolute atomic E-state index is 3.83. The first-order chi connectivity index (χ1) is 6.77. The van der Waals surface area contributed by atoms with Gasteiger partial charge in [-0.2, -0.15) is 0 Å². The Hall–Kier alpha value is -1.04. The molecule has 0 bridgehead atoms. The Morgan fingerprint density at radius 2 is 1.93 bits per heavy atom. The van der Waals surface area contributed by atoms with Crippen LogP contribution in [-0.2, 0) is 12.8 Å². The normalized spacial score (nSPS) is 12.4. The average molecular weight is 188 g/mol. The van der Waals surface area contributed by atoms with Gasteiger partial charge in [0.15, 0.2) is 0 Å². The molecule has 0 saturated heterocycles. The van der Waals surface area contributed by atoms with Crippen molar-refractivity contribution in [2.24, 2.45) is 5.92 Å². The van der Waals surface area contributed by atoms with Gasteiger partial charge in [0.05, 0.1) is 0 Å². The smallest absolute Gasteiger partial charge is 0.0216 e. The van der Waals surface area contributed by atoms with Crippen molar-refractivity contribution in [2.75, 3.05) is 0 Å². The summed E-state index contributed by atoms with van der Waals surface area (Å²) in [5.74, 6) is 0.577. The summed E-state index contributed by atoms with van der Waals surface area (Å²) in [7, 11) is 0. The SMILES string of the molecule is C=CC(C)Cc1ccccc1CCC. The lowest BCUT2D eigenvalue weighted by atomic mass is 9.95. The molecule has 0 heteroatoms. The summed E-state index contributed by atoms with van der Waals surface area (Å²) in [5.41, 5.74) is 2.99. The third-order valence-corrected chi connectivity index (χ3v) is 2.58. The van der Waals surface area contributed by atoms with E-state index in [1.54, 1.807) is 0 Å². The fraction of sp³-hybridized carbons (Fsp3) is 0.429. The number of hydrogen-bond donors (Lipinski definition) is 0. The van der Waals surface area contributed by atoms with E-state index < -0.39 is 0 Å². The highest BCUT2D eigenvalue weighted by Gasteiger charge is 2.03. The number of aryl methyl sites for hydroxylation is 1. The molecule has 1 unspecified atom stereocenters. The molecular weight excluding hydrogens is 168 g/mol. The monoisotopic (exact) mass is 188 g/mol. The maximum atomic E-state index is 3.83. The van der Waals surface area contributed by atoms with Crippen LogP contribution < -0.4 is 0 Å². The molecule has 0 heterocycles. The van der Waals surface area contributed by atoms with Crippen LogP contribution in [0.5, 0.6) is 0 Å². The second-order valence-electron chi connectivity index (χ2n) is 3.94. The average Bonchev–Trinajstić information content (AvgIpc) is 2.21. The van der Waals surface area contributed by atoms with E-state index in [-0.39, 0.29) is 0 Å². The molecule has 1 aromatic rings. The lowest BCUT2D eigenvalue weighted by Crippen LogP contribution is -1.99. The van der Waals surface area contributed by atoms with E-state index in [9.17, 15) is 0 Å². The van der Waals surface area contributed by atoms with Gasteiger partial charge >= 0.3 is 0 Å². The summed E-state index contributed by atoms with van der Waals surface area (Å²) in [6, 6.07) is 8.75. The third-order valence-electron chi connectivity index (χ3n) is 2.58. The fourth-order valence-electron chi connectivity index (χ4n) is 1.70. The van der Waals surface area contributed by atoms with Gasteiger partial charge in [0, 0.05) is 0 Å². The lowest BCUT2D eigenvalue weighted by Gasteiger charge is -2.11. The zero-order valence-electron chi connectivity index (χ0n) is 9.29. The molecule has 1 rings (SSSR count). The third kappa shape index (κ3) is 3.02. The van der Waals surface area contributed by atoms with Gasteiger partial charge in [-0.25, -0.2) is 0 Å². The second kappa shape index (κ2) is 5.64. The second-order valence-corrected chi connectivity index (χ2v) is 3.94. The van der Waals surface area contributed by atoms with Crippen molar-refractivity contribution in [1.29, 1.82) is 0 Å². The summed E-state index contributed by atoms with van der Waals surface area (Å²) in [5, 5.41) is 0. The molecule has 0 aliphatic carbocycles. The van der Waals surface area contributed by atoms with E-state index in [0.29, 0.717) is 5.92 Å². The van der Waals surface area contributed by atoms with Crippen molar-refractivity contribution in [3.8, 4) is 0 Å². The largest absolute Gasteiger partial charge is 0.103 e. The molecular formula is C14H20. The summed E-state index contributed by atoms with van der Waals surface area (Å²) >= 11 is 0. The highest BCUT2D eigenvalue weighted by atomic mass is 14.1. The van der Waals surface area contributed by atoms with E-state index in [1.165, 1.54) is 24.0 Å². The van der Waals surface area contributed by atoms with Gasteiger partial charge < -0.3 is 0 Å². The Balaban J connectivity index is 2.78. The fourth-order valence-corrected chi connectivity index (χ4v) is 1.70. The zero-order valence-corrected chi connectivity index (χ0v) is 9.29. The van der Waals surface area contributed by atoms with Crippen molar-refractivity contribution in [3.63, 3.8) is 0 Å². The molecule has 1 atom stereocenters. The van der Waals surface area contributed by atoms with Gasteiger partial charge in [0.25, 0.3) is 0 Å². The summed E-state index contributed by atoms with van der Waals surface area (Å²) < 4.78 is 0. The topological polar surface area (TPSA) is 0 Å². The van der Waals surface area contributed by atoms with Crippen molar-refractivity contribution in [3.05, 3.63) is 48.0 Å². The number of rotatable bonds is 5. The Morgan fingerprint density at radius 3 is 2.50 bits per heavy atom. The quantitative estimate of drug-likeness (QED) is 0.613. The lowest BCUT2D eigenvalue weighted by molar-refractivity contribution is 0.715. The Kier molecular flexibility index (Phi) is 4.45. The van der Waals surface area contributed by atoms with E-state index in [2.05, 4.69) is 44.7 Å². The summed E-state index contributed by atoms with van der Waals surface area (Å²) in [4.78, 5) is 0. The van der Waals surface area contributed by atoms with E-state index in [4.69, 9.17) is 0 Å². The highest BCUT2D eigenvalue weighted by molar-refractivity contribution is 5.28. The Labute approximate surface area is 87.7 Å². The van der Waals surface area contributed by atoms with Gasteiger partial charge in [0.1, 0.15) is 0 Å². The Morgan fingerprint density at radius 1 is 1.29 bits per heavy atom. The molecule has 0 N–H and O–H groups in total. The van der Waals surface area contributed by atoms with Crippen LogP contribution in [0.4, 0.5) is 0 Å². The van der Waals surface area contributed by atoms with Crippen LogP contribution in [0.2, 0.25) is 0 Å². The molecule has 0 amide bonds. The molecule has 0 radical (unpaired) electrons. The number of benzene rings is 1. The summed E-state index contributed by atoms with van der Waals surface area (Å²) in [6.07, 6.45) is 5.57. The van der Waals surface area contributed by atoms with Crippen LogP contribution in [0.15, 0.2) is 36.9 Å². The van der Waals surface area contributed by atoms with E-state index >= 15 is 0 Å². The molecule has 1 aromatic carbocycles.